The fourth-order valence-electron chi connectivity index (χ4n) is 0.978. The molecule has 6 heteroatoms. The molecule has 0 fully saturated rings. The van der Waals surface area contributed by atoms with Gasteiger partial charge < -0.3 is 5.21 Å². The van der Waals surface area contributed by atoms with E-state index in [2.05, 4.69) is 15.3 Å². The van der Waals surface area contributed by atoms with Crippen LogP contribution < -0.4 is 4.85 Å². The highest BCUT2D eigenvalue weighted by Gasteiger charge is 2.05. The van der Waals surface area contributed by atoms with Gasteiger partial charge in [-0.25, -0.2) is 0 Å². The average Bonchev–Trinajstić information content (AvgIpc) is 2.19. The molecule has 0 bridgehead atoms. The van der Waals surface area contributed by atoms with Crippen molar-refractivity contribution < 1.29 is 4.85 Å². The highest BCUT2D eigenvalue weighted by Crippen LogP contribution is 2.15. The van der Waals surface area contributed by atoms with Crippen molar-refractivity contribution in [2.75, 3.05) is 0 Å². The van der Waals surface area contributed by atoms with Crippen LogP contribution in [0, 0.1) is 5.21 Å². The lowest BCUT2D eigenvalue weighted by molar-refractivity contribution is -0.672. The molecule has 0 saturated carbocycles. The maximum Gasteiger partial charge on any atom is 0.338 e. The van der Waals surface area contributed by atoms with Gasteiger partial charge in [0.15, 0.2) is 0 Å². The number of nitrogens with zero attached hydrogens (tertiary/aromatic N) is 4. The molecule has 0 aliphatic rings. The van der Waals surface area contributed by atoms with Crippen molar-refractivity contribution in [2.45, 2.75) is 0 Å². The lowest BCUT2D eigenvalue weighted by Gasteiger charge is -1.98. The summed E-state index contributed by atoms with van der Waals surface area (Å²) in [5.74, 6) is 0.277. The minimum atomic E-state index is 0.277. The third kappa shape index (κ3) is 1.77. The number of aromatic nitrogens is 4. The molecule has 70 valence electrons. The van der Waals surface area contributed by atoms with Gasteiger partial charge in [-0.15, -0.1) is 4.85 Å². The van der Waals surface area contributed by atoms with Crippen molar-refractivity contribution in [3.05, 3.63) is 40.8 Å². The molecule has 0 aliphatic heterocycles. The van der Waals surface area contributed by atoms with Crippen LogP contribution in [0.5, 0.6) is 0 Å². The van der Waals surface area contributed by atoms with Crippen molar-refractivity contribution in [2.24, 2.45) is 0 Å². The van der Waals surface area contributed by atoms with E-state index in [1.54, 1.807) is 24.3 Å². The zero-order chi connectivity index (χ0) is 9.97. The summed E-state index contributed by atoms with van der Waals surface area (Å²) in [7, 11) is 0. The van der Waals surface area contributed by atoms with E-state index in [1.807, 2.05) is 0 Å². The molecule has 0 spiro atoms. The lowest BCUT2D eigenvalue weighted by Crippen LogP contribution is -2.32. The molecular weight excluding hydrogens is 204 g/mol. The minimum absolute atomic E-state index is 0.277. The first kappa shape index (κ1) is 8.83. The quantitative estimate of drug-likeness (QED) is 0.514. The van der Waals surface area contributed by atoms with Crippen molar-refractivity contribution in [1.29, 1.82) is 0 Å². The van der Waals surface area contributed by atoms with Crippen LogP contribution >= 0.6 is 11.6 Å². The van der Waals surface area contributed by atoms with Gasteiger partial charge in [0.05, 0.1) is 5.10 Å². The molecule has 1 aromatic carbocycles. The predicted octanol–water partition coefficient (Wildman–Crippen LogP) is 0.825. The Bertz CT molecular complexity index is 445. The Morgan fingerprint density at radius 2 is 1.93 bits per heavy atom. The minimum Gasteiger partial charge on any atom is -0.691 e. The van der Waals surface area contributed by atoms with Crippen molar-refractivity contribution >= 4 is 11.6 Å². The van der Waals surface area contributed by atoms with Crippen LogP contribution in [-0.4, -0.2) is 15.3 Å². The van der Waals surface area contributed by atoms with E-state index in [0.29, 0.717) is 15.4 Å². The predicted molar refractivity (Wildman–Crippen MR) is 49.2 cm³/mol. The zero-order valence-corrected chi connectivity index (χ0v) is 7.72. The molecule has 2 rings (SSSR count). The summed E-state index contributed by atoms with van der Waals surface area (Å²) >= 11 is 5.71. The van der Waals surface area contributed by atoms with Gasteiger partial charge >= 0.3 is 6.33 Å². The Hall–Kier alpha value is -1.75. The number of benzene rings is 1. The molecule has 0 aliphatic carbocycles. The smallest absolute Gasteiger partial charge is 0.338 e. The molecule has 2 aromatic rings. The fraction of sp³-hybridized carbons (Fsp3) is 0. The third-order valence-electron chi connectivity index (χ3n) is 1.60. The highest BCUT2D eigenvalue weighted by molar-refractivity contribution is 6.30. The van der Waals surface area contributed by atoms with E-state index in [9.17, 15) is 5.21 Å². The SMILES string of the molecule is [O-][n+]1cnnc(-c2ccc(Cl)cc2)n1. The molecular formula is C8H5ClN4O. The van der Waals surface area contributed by atoms with Crippen LogP contribution in [-0.2, 0) is 0 Å². The molecule has 0 radical (unpaired) electrons. The molecule has 14 heavy (non-hydrogen) atoms. The van der Waals surface area contributed by atoms with Gasteiger partial charge in [0.2, 0.25) is 5.82 Å². The molecule has 5 nitrogen and oxygen atoms in total. The van der Waals surface area contributed by atoms with Crippen LogP contribution in [0.15, 0.2) is 30.6 Å². The van der Waals surface area contributed by atoms with Gasteiger partial charge in [0.25, 0.3) is 0 Å². The first-order valence-corrected chi connectivity index (χ1v) is 4.18. The maximum absolute atomic E-state index is 10.8. The molecule has 1 heterocycles. The fourth-order valence-corrected chi connectivity index (χ4v) is 1.10. The molecule has 0 atom stereocenters. The Morgan fingerprint density at radius 3 is 2.57 bits per heavy atom. The van der Waals surface area contributed by atoms with Gasteiger partial charge in [-0.3, -0.25) is 0 Å². The zero-order valence-electron chi connectivity index (χ0n) is 6.96. The van der Waals surface area contributed by atoms with E-state index in [1.165, 1.54) is 0 Å². The number of rotatable bonds is 1. The lowest BCUT2D eigenvalue weighted by atomic mass is 10.2. The van der Waals surface area contributed by atoms with Crippen LogP contribution in [0.25, 0.3) is 11.4 Å². The van der Waals surface area contributed by atoms with Gasteiger partial charge in [-0.2, -0.15) is 0 Å². The maximum atomic E-state index is 10.8. The van der Waals surface area contributed by atoms with E-state index < -0.39 is 0 Å². The molecule has 0 saturated heterocycles. The first-order valence-electron chi connectivity index (χ1n) is 3.81. The standard InChI is InChI=1S/C8H5ClN4O/c9-7-3-1-6(2-4-7)8-11-10-5-13(14)12-8/h1-5H. The van der Waals surface area contributed by atoms with E-state index in [4.69, 9.17) is 11.6 Å². The highest BCUT2D eigenvalue weighted by atomic mass is 35.5. The summed E-state index contributed by atoms with van der Waals surface area (Å²) in [5.41, 5.74) is 0.701. The van der Waals surface area contributed by atoms with Crippen LogP contribution in [0.3, 0.4) is 0 Å². The Kier molecular flexibility index (Phi) is 2.24. The monoisotopic (exact) mass is 208 g/mol. The first-order chi connectivity index (χ1) is 6.75. The molecule has 1 aromatic heterocycles. The normalized spacial score (nSPS) is 10.1. The summed E-state index contributed by atoms with van der Waals surface area (Å²) in [6.07, 6.45) is 0.986. The Morgan fingerprint density at radius 1 is 1.21 bits per heavy atom. The number of halogens is 1. The number of hydrogen-bond donors (Lipinski definition) is 0. The second-order valence-electron chi connectivity index (χ2n) is 2.56. The summed E-state index contributed by atoms with van der Waals surface area (Å²) < 4.78 is 0. The van der Waals surface area contributed by atoms with Crippen molar-refractivity contribution in [1.82, 2.24) is 15.3 Å². The van der Waals surface area contributed by atoms with Gasteiger partial charge in [0, 0.05) is 10.6 Å². The number of hydrogen-bond acceptors (Lipinski definition) is 4. The van der Waals surface area contributed by atoms with E-state index in [0.717, 1.165) is 6.33 Å². The van der Waals surface area contributed by atoms with Crippen molar-refractivity contribution in [3.63, 3.8) is 0 Å². The Labute approximate surface area is 84.6 Å². The largest absolute Gasteiger partial charge is 0.691 e. The van der Waals surface area contributed by atoms with E-state index in [-0.39, 0.29) is 5.82 Å². The van der Waals surface area contributed by atoms with E-state index >= 15 is 0 Å². The third-order valence-corrected chi connectivity index (χ3v) is 1.85. The second-order valence-corrected chi connectivity index (χ2v) is 3.00. The summed E-state index contributed by atoms with van der Waals surface area (Å²) in [5, 5.41) is 22.2. The molecule has 0 N–H and O–H groups in total. The van der Waals surface area contributed by atoms with Crippen LogP contribution in [0.1, 0.15) is 0 Å². The van der Waals surface area contributed by atoms with Crippen molar-refractivity contribution in [3.8, 4) is 11.4 Å². The van der Waals surface area contributed by atoms with Crippen LogP contribution in [0.2, 0.25) is 5.02 Å². The molecule has 0 amide bonds. The summed E-state index contributed by atoms with van der Waals surface area (Å²) in [4.78, 5) is 0.358. The van der Waals surface area contributed by atoms with Gasteiger partial charge in [-0.1, -0.05) is 16.7 Å². The topological polar surface area (TPSA) is 65.6 Å². The summed E-state index contributed by atoms with van der Waals surface area (Å²) in [6, 6.07) is 6.84. The van der Waals surface area contributed by atoms with Crippen LogP contribution in [0.4, 0.5) is 0 Å². The summed E-state index contributed by atoms with van der Waals surface area (Å²) in [6.45, 7) is 0. The van der Waals surface area contributed by atoms with Gasteiger partial charge in [0.1, 0.15) is 0 Å². The second kappa shape index (κ2) is 3.55. The average molecular weight is 209 g/mol. The Balaban J connectivity index is 2.44. The van der Waals surface area contributed by atoms with Gasteiger partial charge in [-0.05, 0) is 29.4 Å². The molecule has 0 unspecified atom stereocenters.